The number of carbonyl (C=O) groups excluding carboxylic acids is 1. The van der Waals surface area contributed by atoms with Gasteiger partial charge in [0.2, 0.25) is 15.9 Å². The summed E-state index contributed by atoms with van der Waals surface area (Å²) < 4.78 is 68.1. The van der Waals surface area contributed by atoms with Crippen molar-refractivity contribution in [3.05, 3.63) is 72.3 Å². The zero-order chi connectivity index (χ0) is 23.5. The Labute approximate surface area is 182 Å². The highest BCUT2D eigenvalue weighted by molar-refractivity contribution is 7.89. The average molecular weight is 467 g/mol. The van der Waals surface area contributed by atoms with Gasteiger partial charge in [0.05, 0.1) is 28.2 Å². The second-order valence-corrected chi connectivity index (χ2v) is 8.68. The summed E-state index contributed by atoms with van der Waals surface area (Å²) in [4.78, 5) is 15.4. The van der Waals surface area contributed by atoms with E-state index < -0.39 is 44.6 Å². The average Bonchev–Trinajstić information content (AvgIpc) is 3.28. The summed E-state index contributed by atoms with van der Waals surface area (Å²) in [5.41, 5.74) is 0.190. The molecule has 2 aromatic carbocycles. The van der Waals surface area contributed by atoms with Crippen LogP contribution < -0.4 is 10.0 Å². The molecule has 2 N–H and O–H groups in total. The number of hydrogen-bond donors (Lipinski definition) is 2. The summed E-state index contributed by atoms with van der Waals surface area (Å²) in [5, 5.41) is 6.66. The summed E-state index contributed by atoms with van der Waals surface area (Å²) in [7, 11) is -4.60. The summed E-state index contributed by atoms with van der Waals surface area (Å²) in [6.45, 7) is 2.95. The number of carbonyl (C=O) groups is 1. The van der Waals surface area contributed by atoms with Crippen LogP contribution >= 0.6 is 0 Å². The third-order valence-corrected chi connectivity index (χ3v) is 6.24. The van der Waals surface area contributed by atoms with Crippen LogP contribution in [0.1, 0.15) is 31.0 Å². The van der Waals surface area contributed by atoms with E-state index in [0.29, 0.717) is 6.07 Å². The van der Waals surface area contributed by atoms with Crippen molar-refractivity contribution >= 4 is 15.9 Å². The Morgan fingerprint density at radius 2 is 1.72 bits per heavy atom. The third kappa shape index (κ3) is 5.32. The molecule has 12 heteroatoms. The van der Waals surface area contributed by atoms with Crippen LogP contribution in [0, 0.1) is 0 Å². The lowest BCUT2D eigenvalue weighted by Gasteiger charge is -2.20. The fourth-order valence-electron chi connectivity index (χ4n) is 2.96. The van der Waals surface area contributed by atoms with Gasteiger partial charge in [-0.05, 0) is 43.7 Å². The van der Waals surface area contributed by atoms with E-state index in [1.165, 1.54) is 25.6 Å². The van der Waals surface area contributed by atoms with Gasteiger partial charge in [0.25, 0.3) is 0 Å². The molecule has 0 spiro atoms. The molecule has 3 aromatic rings. The molecule has 0 aliphatic heterocycles. The van der Waals surface area contributed by atoms with Gasteiger partial charge in [0.1, 0.15) is 12.7 Å². The van der Waals surface area contributed by atoms with Crippen LogP contribution in [0.5, 0.6) is 0 Å². The van der Waals surface area contributed by atoms with Gasteiger partial charge in [-0.2, -0.15) is 23.0 Å². The van der Waals surface area contributed by atoms with Gasteiger partial charge in [-0.25, -0.2) is 18.1 Å². The molecule has 0 aliphatic rings. The fourth-order valence-corrected chi connectivity index (χ4v) is 4.39. The molecule has 170 valence electrons. The number of nitrogens with zero attached hydrogens (tertiary/aromatic N) is 3. The van der Waals surface area contributed by atoms with E-state index in [-0.39, 0.29) is 0 Å². The molecule has 0 fully saturated rings. The molecule has 3 rings (SSSR count). The number of sulfonamides is 1. The number of aromatic nitrogens is 3. The maximum Gasteiger partial charge on any atom is 0.417 e. The van der Waals surface area contributed by atoms with Crippen molar-refractivity contribution in [3.8, 4) is 5.69 Å². The van der Waals surface area contributed by atoms with Crippen LogP contribution in [-0.2, 0) is 21.0 Å². The van der Waals surface area contributed by atoms with Gasteiger partial charge in [-0.15, -0.1) is 0 Å². The highest BCUT2D eigenvalue weighted by Gasteiger charge is 2.37. The Morgan fingerprint density at radius 3 is 2.31 bits per heavy atom. The van der Waals surface area contributed by atoms with Crippen LogP contribution in [0.25, 0.3) is 5.69 Å². The number of nitrogens with one attached hydrogen (secondary N) is 2. The number of halogens is 3. The molecule has 1 unspecified atom stereocenters. The molecular weight excluding hydrogens is 447 g/mol. The molecule has 0 bridgehead atoms. The minimum atomic E-state index is -4.86. The number of alkyl halides is 3. The van der Waals surface area contributed by atoms with E-state index in [9.17, 15) is 26.4 Å². The van der Waals surface area contributed by atoms with Gasteiger partial charge < -0.3 is 5.32 Å². The van der Waals surface area contributed by atoms with Crippen LogP contribution in [0.3, 0.4) is 0 Å². The largest absolute Gasteiger partial charge is 0.417 e. The fraction of sp³-hybridized carbons (Fsp3) is 0.250. The minimum Gasteiger partial charge on any atom is -0.348 e. The maximum atomic E-state index is 13.2. The van der Waals surface area contributed by atoms with E-state index in [4.69, 9.17) is 0 Å². The van der Waals surface area contributed by atoms with Crippen molar-refractivity contribution < 1.29 is 26.4 Å². The third-order valence-electron chi connectivity index (χ3n) is 4.64. The first kappa shape index (κ1) is 23.4. The predicted octanol–water partition coefficient (Wildman–Crippen LogP) is 2.83. The van der Waals surface area contributed by atoms with E-state index in [1.807, 2.05) is 4.72 Å². The number of rotatable bonds is 7. The van der Waals surface area contributed by atoms with E-state index in [0.717, 1.165) is 23.4 Å². The van der Waals surface area contributed by atoms with E-state index in [1.54, 1.807) is 35.9 Å². The Kier molecular flexibility index (Phi) is 6.65. The Balaban J connectivity index is 1.68. The lowest BCUT2D eigenvalue weighted by molar-refractivity contribution is -0.139. The molecule has 8 nitrogen and oxygen atoms in total. The molecule has 0 radical (unpaired) electrons. The molecule has 1 aromatic heterocycles. The van der Waals surface area contributed by atoms with Crippen molar-refractivity contribution in [2.75, 3.05) is 0 Å². The monoisotopic (exact) mass is 467 g/mol. The SMILES string of the molecule is CC(NC(=O)[C@H](C)NS(=O)(=O)c1ccccc1C(F)(F)F)c1ccc(-n2cncn2)cc1. The van der Waals surface area contributed by atoms with Crippen molar-refractivity contribution in [1.82, 2.24) is 24.8 Å². The van der Waals surface area contributed by atoms with E-state index in [2.05, 4.69) is 15.4 Å². The molecule has 32 heavy (non-hydrogen) atoms. The quantitative estimate of drug-likeness (QED) is 0.556. The maximum absolute atomic E-state index is 13.2. The predicted molar refractivity (Wildman–Crippen MR) is 109 cm³/mol. The van der Waals surface area contributed by atoms with Crippen LogP contribution in [0.2, 0.25) is 0 Å². The highest BCUT2D eigenvalue weighted by atomic mass is 32.2. The van der Waals surface area contributed by atoms with Gasteiger partial charge in [0.15, 0.2) is 0 Å². The summed E-state index contributed by atoms with van der Waals surface area (Å²) in [6, 6.07) is 9.05. The molecule has 1 amide bonds. The second-order valence-electron chi connectivity index (χ2n) is 7.00. The number of hydrogen-bond acceptors (Lipinski definition) is 5. The van der Waals surface area contributed by atoms with Gasteiger partial charge in [-0.3, -0.25) is 4.79 Å². The molecule has 2 atom stereocenters. The molecule has 0 aliphatic carbocycles. The van der Waals surface area contributed by atoms with Crippen LogP contribution in [-0.4, -0.2) is 35.1 Å². The Hall–Kier alpha value is -3.25. The first-order chi connectivity index (χ1) is 15.0. The molecular formula is C20H20F3N5O3S. The zero-order valence-corrected chi connectivity index (χ0v) is 17.9. The number of amides is 1. The zero-order valence-electron chi connectivity index (χ0n) is 17.0. The standard InChI is InChI=1S/C20H20F3N5O3S/c1-13(15-7-9-16(10-8-15)28-12-24-11-25-28)26-19(29)14(2)27-32(30,31)18-6-4-3-5-17(18)20(21,22)23/h3-14,27H,1-2H3,(H,26,29)/t13?,14-/m0/s1. The Morgan fingerprint density at radius 1 is 1.06 bits per heavy atom. The summed E-state index contributed by atoms with van der Waals surface area (Å²) >= 11 is 0. The smallest absolute Gasteiger partial charge is 0.348 e. The lowest BCUT2D eigenvalue weighted by Crippen LogP contribution is -2.45. The minimum absolute atomic E-state index is 0.485. The Bertz CT molecular complexity index is 1180. The summed E-state index contributed by atoms with van der Waals surface area (Å²) in [5.74, 6) is -0.689. The second kappa shape index (κ2) is 9.09. The first-order valence-corrected chi connectivity index (χ1v) is 10.9. The lowest BCUT2D eigenvalue weighted by atomic mass is 10.1. The van der Waals surface area contributed by atoms with Gasteiger partial charge >= 0.3 is 6.18 Å². The summed E-state index contributed by atoms with van der Waals surface area (Å²) in [6.07, 6.45) is -1.93. The topological polar surface area (TPSA) is 106 Å². The molecule has 0 saturated carbocycles. The van der Waals surface area contributed by atoms with Gasteiger partial charge in [-0.1, -0.05) is 24.3 Å². The molecule has 0 saturated heterocycles. The molecule has 1 heterocycles. The number of benzene rings is 2. The van der Waals surface area contributed by atoms with Crippen molar-refractivity contribution in [1.29, 1.82) is 0 Å². The highest BCUT2D eigenvalue weighted by Crippen LogP contribution is 2.33. The van der Waals surface area contributed by atoms with Crippen molar-refractivity contribution in [3.63, 3.8) is 0 Å². The normalized spacial score (nSPS) is 14.0. The van der Waals surface area contributed by atoms with Crippen LogP contribution in [0.4, 0.5) is 13.2 Å². The van der Waals surface area contributed by atoms with Crippen molar-refractivity contribution in [2.24, 2.45) is 0 Å². The first-order valence-electron chi connectivity index (χ1n) is 9.43. The van der Waals surface area contributed by atoms with E-state index >= 15 is 0 Å². The van der Waals surface area contributed by atoms with Gasteiger partial charge in [0, 0.05) is 0 Å². The van der Waals surface area contributed by atoms with Crippen LogP contribution in [0.15, 0.2) is 66.1 Å². The van der Waals surface area contributed by atoms with Crippen molar-refractivity contribution in [2.45, 2.75) is 37.0 Å².